The maximum atomic E-state index is 13.2. The van der Waals surface area contributed by atoms with E-state index in [0.29, 0.717) is 43.1 Å². The van der Waals surface area contributed by atoms with Gasteiger partial charge in [-0.3, -0.25) is 14.6 Å². The van der Waals surface area contributed by atoms with Crippen molar-refractivity contribution in [3.63, 3.8) is 0 Å². The van der Waals surface area contributed by atoms with Crippen molar-refractivity contribution in [3.05, 3.63) is 65.2 Å². The molecule has 1 heterocycles. The number of piperidine rings is 1. The van der Waals surface area contributed by atoms with Crippen molar-refractivity contribution in [2.24, 2.45) is 0 Å². The molecule has 1 aliphatic rings. The van der Waals surface area contributed by atoms with Crippen LogP contribution in [0.5, 0.6) is 0 Å². The Morgan fingerprint density at radius 1 is 1.07 bits per heavy atom. The fraction of sp³-hybridized carbons (Fsp3) is 0.417. The number of rotatable bonds is 7. The van der Waals surface area contributed by atoms with Gasteiger partial charge in [0.25, 0.3) is 0 Å². The van der Waals surface area contributed by atoms with Gasteiger partial charge in [0, 0.05) is 36.8 Å². The minimum absolute atomic E-state index is 0.109. The Balaban J connectivity index is 1.91. The van der Waals surface area contributed by atoms with Crippen molar-refractivity contribution >= 4 is 29.2 Å². The van der Waals surface area contributed by atoms with Gasteiger partial charge in [-0.1, -0.05) is 54.9 Å². The van der Waals surface area contributed by atoms with E-state index in [1.54, 1.807) is 30.0 Å². The lowest BCUT2D eigenvalue weighted by Gasteiger charge is -2.46. The Morgan fingerprint density at radius 2 is 1.77 bits per heavy atom. The van der Waals surface area contributed by atoms with Gasteiger partial charge < -0.3 is 4.74 Å². The Kier molecular flexibility index (Phi) is 7.51. The second-order valence-corrected chi connectivity index (χ2v) is 8.01. The van der Waals surface area contributed by atoms with Crippen LogP contribution in [0.25, 0.3) is 0 Å². The number of ether oxygens (including phenoxy) is 1. The topological polar surface area (TPSA) is 49.9 Å². The van der Waals surface area contributed by atoms with Crippen LogP contribution in [0.2, 0.25) is 5.02 Å². The molecule has 0 bridgehead atoms. The molecule has 1 aliphatic heterocycles. The third kappa shape index (κ3) is 4.85. The molecular weight excluding hydrogens is 400 g/mol. The van der Waals surface area contributed by atoms with E-state index in [-0.39, 0.29) is 18.5 Å². The van der Waals surface area contributed by atoms with Gasteiger partial charge in [-0.25, -0.2) is 4.79 Å². The van der Waals surface area contributed by atoms with E-state index in [2.05, 4.69) is 17.0 Å². The van der Waals surface area contributed by atoms with Crippen LogP contribution in [-0.4, -0.2) is 42.0 Å². The Hall–Kier alpha value is -2.37. The monoisotopic (exact) mass is 428 g/mol. The van der Waals surface area contributed by atoms with Gasteiger partial charge in [-0.2, -0.15) is 0 Å². The van der Waals surface area contributed by atoms with E-state index in [0.717, 1.165) is 6.54 Å². The molecule has 30 heavy (non-hydrogen) atoms. The number of amides is 1. The minimum Gasteiger partial charge on any atom is -0.464 e. The zero-order valence-electron chi connectivity index (χ0n) is 17.6. The summed E-state index contributed by atoms with van der Waals surface area (Å²) in [5.74, 6) is -0.451. The lowest BCUT2D eigenvalue weighted by atomic mass is 9.84. The van der Waals surface area contributed by atoms with E-state index in [4.69, 9.17) is 16.3 Å². The highest BCUT2D eigenvalue weighted by atomic mass is 35.5. The highest BCUT2D eigenvalue weighted by Crippen LogP contribution is 2.36. The molecule has 1 amide bonds. The van der Waals surface area contributed by atoms with E-state index < -0.39 is 5.54 Å². The van der Waals surface area contributed by atoms with Crippen LogP contribution in [0.1, 0.15) is 38.7 Å². The third-order valence-electron chi connectivity index (χ3n) is 5.63. The van der Waals surface area contributed by atoms with Crippen molar-refractivity contribution in [1.82, 2.24) is 4.90 Å². The molecule has 0 atom stereocenters. The first kappa shape index (κ1) is 22.3. The van der Waals surface area contributed by atoms with E-state index in [1.807, 2.05) is 31.2 Å². The molecule has 0 spiro atoms. The average Bonchev–Trinajstić information content (AvgIpc) is 2.76. The van der Waals surface area contributed by atoms with Gasteiger partial charge in [-0.05, 0) is 43.5 Å². The number of hydrogen-bond acceptors (Lipinski definition) is 4. The van der Waals surface area contributed by atoms with Gasteiger partial charge in [0.2, 0.25) is 5.91 Å². The summed E-state index contributed by atoms with van der Waals surface area (Å²) in [7, 11) is 0. The van der Waals surface area contributed by atoms with Crippen LogP contribution in [-0.2, 0) is 20.9 Å². The molecule has 0 unspecified atom stereocenters. The number of nitrogens with zero attached hydrogens (tertiary/aromatic N) is 2. The molecule has 1 saturated heterocycles. The van der Waals surface area contributed by atoms with E-state index in [1.165, 1.54) is 5.56 Å². The summed E-state index contributed by atoms with van der Waals surface area (Å²) in [6, 6.07) is 17.4. The van der Waals surface area contributed by atoms with Crippen molar-refractivity contribution < 1.29 is 14.3 Å². The molecule has 0 aromatic heterocycles. The Labute approximate surface area is 183 Å². The van der Waals surface area contributed by atoms with Crippen molar-refractivity contribution in [1.29, 1.82) is 0 Å². The number of esters is 1. The summed E-state index contributed by atoms with van der Waals surface area (Å²) in [4.78, 5) is 30.3. The second-order valence-electron chi connectivity index (χ2n) is 7.58. The zero-order valence-corrected chi connectivity index (χ0v) is 18.4. The number of carbonyl (C=O) groups excluding carboxylic acids is 2. The summed E-state index contributed by atoms with van der Waals surface area (Å²) in [6.07, 6.45) is 1.31. The maximum Gasteiger partial charge on any atom is 0.332 e. The summed E-state index contributed by atoms with van der Waals surface area (Å²) in [6.45, 7) is 6.09. The van der Waals surface area contributed by atoms with E-state index in [9.17, 15) is 9.59 Å². The first-order valence-electron chi connectivity index (χ1n) is 10.5. The summed E-state index contributed by atoms with van der Waals surface area (Å²) >= 11 is 6.21. The molecule has 0 saturated carbocycles. The SMILES string of the molecule is CCOC(=O)C1(N(C(=O)CC)c2cccc(Cl)c2)CCN(Cc2ccccc2)CC1. The Morgan fingerprint density at radius 3 is 2.37 bits per heavy atom. The minimum atomic E-state index is -1.03. The molecule has 2 aromatic carbocycles. The molecule has 0 N–H and O–H groups in total. The zero-order chi connectivity index (χ0) is 21.6. The van der Waals surface area contributed by atoms with Crippen molar-refractivity contribution in [3.8, 4) is 0 Å². The fourth-order valence-corrected chi connectivity index (χ4v) is 4.29. The van der Waals surface area contributed by atoms with Crippen LogP contribution in [0.3, 0.4) is 0 Å². The smallest absolute Gasteiger partial charge is 0.332 e. The van der Waals surface area contributed by atoms with E-state index >= 15 is 0 Å². The molecule has 2 aromatic rings. The van der Waals surface area contributed by atoms with Crippen LogP contribution in [0, 0.1) is 0 Å². The van der Waals surface area contributed by atoms with Gasteiger partial charge in [0.1, 0.15) is 5.54 Å². The molecule has 0 radical (unpaired) electrons. The summed E-state index contributed by atoms with van der Waals surface area (Å²) in [5.41, 5.74) is 0.845. The summed E-state index contributed by atoms with van der Waals surface area (Å²) in [5, 5.41) is 0.530. The normalized spacial score (nSPS) is 16.1. The number of hydrogen-bond donors (Lipinski definition) is 0. The highest BCUT2D eigenvalue weighted by Gasteiger charge is 2.50. The van der Waals surface area contributed by atoms with Crippen LogP contribution < -0.4 is 4.90 Å². The average molecular weight is 429 g/mol. The quantitative estimate of drug-likeness (QED) is 0.601. The number of benzene rings is 2. The molecule has 3 rings (SSSR count). The first-order valence-corrected chi connectivity index (χ1v) is 10.9. The largest absolute Gasteiger partial charge is 0.464 e. The summed E-state index contributed by atoms with van der Waals surface area (Å²) < 4.78 is 5.48. The molecule has 160 valence electrons. The van der Waals surface area contributed by atoms with Gasteiger partial charge >= 0.3 is 5.97 Å². The van der Waals surface area contributed by atoms with Crippen LogP contribution in [0.15, 0.2) is 54.6 Å². The first-order chi connectivity index (χ1) is 14.5. The molecule has 0 aliphatic carbocycles. The number of halogens is 1. The van der Waals surface area contributed by atoms with Gasteiger partial charge in [0.15, 0.2) is 0 Å². The van der Waals surface area contributed by atoms with Crippen molar-refractivity contribution in [2.75, 3.05) is 24.6 Å². The highest BCUT2D eigenvalue weighted by molar-refractivity contribution is 6.31. The Bertz CT molecular complexity index is 864. The van der Waals surface area contributed by atoms with Gasteiger partial charge in [-0.15, -0.1) is 0 Å². The predicted molar refractivity (Wildman–Crippen MR) is 120 cm³/mol. The molecule has 1 fully saturated rings. The van der Waals surface area contributed by atoms with Gasteiger partial charge in [0.05, 0.1) is 6.61 Å². The number of carbonyl (C=O) groups is 2. The number of anilines is 1. The predicted octanol–water partition coefficient (Wildman–Crippen LogP) is 4.68. The second kappa shape index (κ2) is 10.1. The molecule has 5 nitrogen and oxygen atoms in total. The van der Waals surface area contributed by atoms with Crippen LogP contribution in [0.4, 0.5) is 5.69 Å². The third-order valence-corrected chi connectivity index (χ3v) is 5.87. The lowest BCUT2D eigenvalue weighted by Crippen LogP contribution is -2.62. The lowest BCUT2D eigenvalue weighted by molar-refractivity contribution is -0.153. The number of likely N-dealkylation sites (tertiary alicyclic amines) is 1. The van der Waals surface area contributed by atoms with Crippen LogP contribution >= 0.6 is 11.6 Å². The van der Waals surface area contributed by atoms with Crippen molar-refractivity contribution in [2.45, 2.75) is 45.2 Å². The maximum absolute atomic E-state index is 13.2. The standard InChI is InChI=1S/C24H29ClN2O3/c1-3-22(28)27(21-12-8-11-20(25)17-21)24(23(29)30-4-2)13-15-26(16-14-24)18-19-9-6-5-7-10-19/h5-12,17H,3-4,13-16,18H2,1-2H3. The molecule has 6 heteroatoms. The molecular formula is C24H29ClN2O3. The fourth-order valence-electron chi connectivity index (χ4n) is 4.11.